The molecule has 3 atom stereocenters. The maximum Gasteiger partial charge on any atom is 0.280 e. The third-order valence-electron chi connectivity index (χ3n) is 3.78. The Morgan fingerprint density at radius 2 is 2.27 bits per heavy atom. The standard InChI is InChI=1S/C14H21N5O3/c1-14(2,3)5-8-7(20)4-9(22-8)19-6-16-10-11(19)17-13(15)18-12(10)21/h6-9,20H,4-5H2,1-3H3,(H3,15,17,18,21)/t7?,8-,9-/m1/s1. The SMILES string of the molecule is CC(C)(C)C[C@H]1O[C@@H](n2cnc3c(=O)[nH]c(N)nc32)CC1O. The van der Waals surface area contributed by atoms with Crippen LogP contribution in [0.5, 0.6) is 0 Å². The van der Waals surface area contributed by atoms with Gasteiger partial charge in [0.05, 0.1) is 18.5 Å². The number of nitrogen functional groups attached to an aromatic ring is 1. The van der Waals surface area contributed by atoms with Gasteiger partial charge in [-0.05, 0) is 11.8 Å². The molecule has 1 aliphatic heterocycles. The van der Waals surface area contributed by atoms with Crippen molar-refractivity contribution in [2.75, 3.05) is 5.73 Å². The summed E-state index contributed by atoms with van der Waals surface area (Å²) < 4.78 is 7.62. The van der Waals surface area contributed by atoms with Gasteiger partial charge in [0.1, 0.15) is 6.23 Å². The van der Waals surface area contributed by atoms with E-state index in [0.717, 1.165) is 6.42 Å². The Morgan fingerprint density at radius 1 is 1.55 bits per heavy atom. The zero-order chi connectivity index (χ0) is 16.1. The van der Waals surface area contributed by atoms with Gasteiger partial charge in [0.25, 0.3) is 5.56 Å². The number of imidazole rings is 1. The predicted molar refractivity (Wildman–Crippen MR) is 81.2 cm³/mol. The van der Waals surface area contributed by atoms with Crippen molar-refractivity contribution in [1.82, 2.24) is 19.5 Å². The molecule has 120 valence electrons. The van der Waals surface area contributed by atoms with E-state index in [9.17, 15) is 9.90 Å². The highest BCUT2D eigenvalue weighted by Gasteiger charge is 2.37. The minimum Gasteiger partial charge on any atom is -0.390 e. The molecule has 3 heterocycles. The van der Waals surface area contributed by atoms with Crippen molar-refractivity contribution in [3.8, 4) is 0 Å². The smallest absolute Gasteiger partial charge is 0.280 e. The average molecular weight is 307 g/mol. The molecule has 3 rings (SSSR count). The lowest BCUT2D eigenvalue weighted by atomic mass is 9.87. The number of ether oxygens (including phenoxy) is 1. The van der Waals surface area contributed by atoms with Crippen molar-refractivity contribution in [3.05, 3.63) is 16.7 Å². The average Bonchev–Trinajstić information content (AvgIpc) is 2.92. The lowest BCUT2D eigenvalue weighted by molar-refractivity contribution is -0.0353. The van der Waals surface area contributed by atoms with Crippen LogP contribution in [0.25, 0.3) is 11.2 Å². The van der Waals surface area contributed by atoms with Crippen LogP contribution in [-0.4, -0.2) is 36.8 Å². The zero-order valence-electron chi connectivity index (χ0n) is 12.9. The van der Waals surface area contributed by atoms with Crippen LogP contribution < -0.4 is 11.3 Å². The number of aliphatic hydroxyl groups excluding tert-OH is 1. The molecule has 8 heteroatoms. The molecule has 2 aromatic rings. The summed E-state index contributed by atoms with van der Waals surface area (Å²) in [4.78, 5) is 22.4. The summed E-state index contributed by atoms with van der Waals surface area (Å²) in [5.74, 6) is 0.0315. The molecule has 1 unspecified atom stereocenters. The number of anilines is 1. The summed E-state index contributed by atoms with van der Waals surface area (Å²) in [6.07, 6.45) is 1.47. The summed E-state index contributed by atoms with van der Waals surface area (Å²) in [5.41, 5.74) is 5.85. The first kappa shape index (κ1) is 15.0. The summed E-state index contributed by atoms with van der Waals surface area (Å²) in [7, 11) is 0. The Hall–Kier alpha value is -1.93. The first-order chi connectivity index (χ1) is 10.2. The van der Waals surface area contributed by atoms with Gasteiger partial charge < -0.3 is 15.6 Å². The first-order valence-electron chi connectivity index (χ1n) is 7.30. The highest BCUT2D eigenvalue weighted by Crippen LogP contribution is 2.36. The molecule has 1 saturated heterocycles. The second-order valence-electron chi connectivity index (χ2n) is 6.97. The van der Waals surface area contributed by atoms with E-state index in [1.807, 2.05) is 0 Å². The monoisotopic (exact) mass is 307 g/mol. The molecular weight excluding hydrogens is 286 g/mol. The van der Waals surface area contributed by atoms with Gasteiger partial charge in [-0.15, -0.1) is 0 Å². The lowest BCUT2D eigenvalue weighted by Gasteiger charge is -2.24. The van der Waals surface area contributed by atoms with E-state index in [2.05, 4.69) is 35.7 Å². The molecule has 0 saturated carbocycles. The summed E-state index contributed by atoms with van der Waals surface area (Å²) >= 11 is 0. The van der Waals surface area contributed by atoms with Crippen molar-refractivity contribution in [1.29, 1.82) is 0 Å². The molecule has 22 heavy (non-hydrogen) atoms. The number of H-pyrrole nitrogens is 1. The summed E-state index contributed by atoms with van der Waals surface area (Å²) in [6.45, 7) is 6.31. The molecule has 0 amide bonds. The van der Waals surface area contributed by atoms with Crippen LogP contribution >= 0.6 is 0 Å². The van der Waals surface area contributed by atoms with Crippen LogP contribution in [0.2, 0.25) is 0 Å². The fourth-order valence-electron chi connectivity index (χ4n) is 2.83. The molecule has 1 fully saturated rings. The fourth-order valence-corrected chi connectivity index (χ4v) is 2.83. The normalized spacial score (nSPS) is 25.9. The van der Waals surface area contributed by atoms with E-state index >= 15 is 0 Å². The van der Waals surface area contributed by atoms with Crippen LogP contribution in [0, 0.1) is 5.41 Å². The van der Waals surface area contributed by atoms with Gasteiger partial charge in [-0.1, -0.05) is 20.8 Å². The molecule has 1 aliphatic rings. The minimum absolute atomic E-state index is 0.0315. The minimum atomic E-state index is -0.555. The van der Waals surface area contributed by atoms with Crippen LogP contribution in [0.1, 0.15) is 39.8 Å². The van der Waals surface area contributed by atoms with E-state index in [-0.39, 0.29) is 28.5 Å². The molecule has 0 radical (unpaired) electrons. The Labute approximate surface area is 127 Å². The lowest BCUT2D eigenvalue weighted by Crippen LogP contribution is -2.26. The highest BCUT2D eigenvalue weighted by molar-refractivity contribution is 5.70. The van der Waals surface area contributed by atoms with E-state index in [1.165, 1.54) is 6.33 Å². The van der Waals surface area contributed by atoms with Crippen molar-refractivity contribution < 1.29 is 9.84 Å². The van der Waals surface area contributed by atoms with Crippen molar-refractivity contribution in [3.63, 3.8) is 0 Å². The van der Waals surface area contributed by atoms with Gasteiger partial charge in [-0.2, -0.15) is 4.98 Å². The van der Waals surface area contributed by atoms with E-state index in [0.29, 0.717) is 12.1 Å². The zero-order valence-corrected chi connectivity index (χ0v) is 12.9. The Balaban J connectivity index is 1.91. The highest BCUT2D eigenvalue weighted by atomic mass is 16.5. The van der Waals surface area contributed by atoms with Crippen molar-refractivity contribution >= 4 is 17.1 Å². The van der Waals surface area contributed by atoms with E-state index < -0.39 is 12.3 Å². The second kappa shape index (κ2) is 5.06. The van der Waals surface area contributed by atoms with Crippen LogP contribution in [0.4, 0.5) is 5.95 Å². The van der Waals surface area contributed by atoms with Crippen LogP contribution in [0.15, 0.2) is 11.1 Å². The second-order valence-corrected chi connectivity index (χ2v) is 6.97. The largest absolute Gasteiger partial charge is 0.390 e. The summed E-state index contributed by atoms with van der Waals surface area (Å²) in [5, 5.41) is 10.2. The molecule has 0 aromatic carbocycles. The van der Waals surface area contributed by atoms with Crippen molar-refractivity contribution in [2.24, 2.45) is 5.41 Å². The molecule has 0 spiro atoms. The van der Waals surface area contributed by atoms with E-state index in [1.54, 1.807) is 4.57 Å². The first-order valence-corrected chi connectivity index (χ1v) is 7.30. The van der Waals surface area contributed by atoms with Gasteiger partial charge in [-0.3, -0.25) is 14.3 Å². The third-order valence-corrected chi connectivity index (χ3v) is 3.78. The number of hydrogen-bond donors (Lipinski definition) is 3. The maximum absolute atomic E-state index is 11.8. The number of nitrogens with two attached hydrogens (primary N) is 1. The number of nitrogens with one attached hydrogen (secondary N) is 1. The van der Waals surface area contributed by atoms with Gasteiger partial charge in [0.15, 0.2) is 11.2 Å². The molecule has 0 aliphatic carbocycles. The molecule has 0 bridgehead atoms. The molecule has 8 nitrogen and oxygen atoms in total. The summed E-state index contributed by atoms with van der Waals surface area (Å²) in [6, 6.07) is 0. The van der Waals surface area contributed by atoms with Gasteiger partial charge in [0.2, 0.25) is 5.95 Å². The molecule has 2 aromatic heterocycles. The number of aliphatic hydroxyl groups is 1. The number of rotatable bonds is 2. The van der Waals surface area contributed by atoms with Gasteiger partial charge in [-0.25, -0.2) is 4.98 Å². The van der Waals surface area contributed by atoms with E-state index in [4.69, 9.17) is 10.5 Å². The molecule has 4 N–H and O–H groups in total. The predicted octanol–water partition coefficient (Wildman–Crippen LogP) is 0.786. The number of fused-ring (bicyclic) bond motifs is 1. The Morgan fingerprint density at radius 3 is 2.95 bits per heavy atom. The van der Waals surface area contributed by atoms with Crippen LogP contribution in [-0.2, 0) is 4.74 Å². The van der Waals surface area contributed by atoms with Gasteiger partial charge in [0, 0.05) is 6.42 Å². The van der Waals surface area contributed by atoms with Crippen molar-refractivity contribution in [2.45, 2.75) is 52.0 Å². The Bertz CT molecular complexity index is 745. The van der Waals surface area contributed by atoms with Crippen LogP contribution in [0.3, 0.4) is 0 Å². The third kappa shape index (κ3) is 2.71. The fraction of sp³-hybridized carbons (Fsp3) is 0.643. The number of aromatic nitrogens is 4. The maximum atomic E-state index is 11.8. The Kier molecular flexibility index (Phi) is 3.45. The number of hydrogen-bond acceptors (Lipinski definition) is 6. The van der Waals surface area contributed by atoms with Gasteiger partial charge >= 0.3 is 0 Å². The molecular formula is C14H21N5O3. The number of aromatic amines is 1. The number of nitrogens with zero attached hydrogens (tertiary/aromatic N) is 3. The quantitative estimate of drug-likeness (QED) is 0.754. The topological polar surface area (TPSA) is 119 Å².